The molecule has 0 unspecified atom stereocenters. The zero-order valence-electron chi connectivity index (χ0n) is 22.0. The van der Waals surface area contributed by atoms with Crippen LogP contribution in [0.3, 0.4) is 0 Å². The predicted molar refractivity (Wildman–Crippen MR) is 131 cm³/mol. The van der Waals surface area contributed by atoms with Gasteiger partial charge in [0.25, 0.3) is 0 Å². The van der Waals surface area contributed by atoms with E-state index in [1.54, 1.807) is 0 Å². The molecule has 4 nitrogen and oxygen atoms in total. The summed E-state index contributed by atoms with van der Waals surface area (Å²) in [6.45, 7) is 25.1. The molecular weight excluding hydrogens is 408 g/mol. The molecule has 0 aromatic rings. The lowest BCUT2D eigenvalue weighted by Gasteiger charge is -2.33. The van der Waals surface area contributed by atoms with Crippen molar-refractivity contribution in [1.29, 1.82) is 0 Å². The van der Waals surface area contributed by atoms with Crippen molar-refractivity contribution in [2.45, 2.75) is 155 Å². The van der Waals surface area contributed by atoms with E-state index in [0.717, 1.165) is 31.9 Å². The summed E-state index contributed by atoms with van der Waals surface area (Å²) in [6, 6.07) is 4.93. The molecule has 0 aliphatic carbocycles. The Morgan fingerprint density at radius 2 is 0.667 bits per heavy atom. The first-order chi connectivity index (χ1) is 13.4. The summed E-state index contributed by atoms with van der Waals surface area (Å²) < 4.78 is 24.5. The van der Waals surface area contributed by atoms with Crippen LogP contribution in [0.5, 0.6) is 0 Å². The van der Waals surface area contributed by atoms with Crippen LogP contribution < -0.4 is 0 Å². The third-order valence-electron chi connectivity index (χ3n) is 3.53. The van der Waals surface area contributed by atoms with Gasteiger partial charge in [-0.15, -0.1) is 0 Å². The first-order valence-corrected chi connectivity index (χ1v) is 14.3. The van der Waals surface area contributed by atoms with Gasteiger partial charge in [0.15, 0.2) is 12.6 Å². The van der Waals surface area contributed by atoms with E-state index < -0.39 is 0 Å². The summed E-state index contributed by atoms with van der Waals surface area (Å²) >= 11 is 0. The van der Waals surface area contributed by atoms with Crippen molar-refractivity contribution in [2.75, 3.05) is 0 Å². The molecule has 30 heavy (non-hydrogen) atoms. The van der Waals surface area contributed by atoms with Gasteiger partial charge in [-0.25, -0.2) is 0 Å². The van der Waals surface area contributed by atoms with E-state index in [1.165, 1.54) is 24.2 Å². The molecule has 178 valence electrons. The smallest absolute Gasteiger partial charge is 0.158 e. The van der Waals surface area contributed by atoms with Gasteiger partial charge in [0.1, 0.15) is 0 Å². The monoisotopic (exact) mass is 458 g/mol. The quantitative estimate of drug-likeness (QED) is 0.173. The molecule has 0 N–H and O–H groups in total. The van der Waals surface area contributed by atoms with E-state index in [0.29, 0.717) is 0 Å². The number of hydrogen-bond donors (Lipinski definition) is 0. The van der Waals surface area contributed by atoms with Gasteiger partial charge in [0.05, 0.1) is 22.4 Å². The molecule has 0 rings (SSSR count). The van der Waals surface area contributed by atoms with Gasteiger partial charge in [0.2, 0.25) is 0 Å². The van der Waals surface area contributed by atoms with E-state index in [4.69, 9.17) is 18.9 Å². The Morgan fingerprint density at radius 1 is 0.433 bits per heavy atom. The topological polar surface area (TPSA) is 36.9 Å². The number of hydrogen-bond acceptors (Lipinski definition) is 4. The molecule has 0 aliphatic heterocycles. The molecule has 0 spiro atoms. The average Bonchev–Trinajstić information content (AvgIpc) is 2.42. The molecule has 0 heterocycles. The fourth-order valence-electron chi connectivity index (χ4n) is 2.73. The summed E-state index contributed by atoms with van der Waals surface area (Å²) in [5.41, 5.74) is -0.717. The van der Waals surface area contributed by atoms with Crippen LogP contribution in [-0.4, -0.2) is 54.0 Å². The highest BCUT2D eigenvalue weighted by molar-refractivity contribution is 6.42. The molecular formula is C24H50O4Si2. The molecule has 0 aromatic heterocycles. The molecule has 0 amide bonds. The second-order valence-electron chi connectivity index (χ2n) is 11.9. The molecule has 0 saturated carbocycles. The molecule has 4 radical (unpaired) electrons. The maximum atomic E-state index is 6.12. The van der Waals surface area contributed by atoms with Crippen LogP contribution in [0.25, 0.3) is 0 Å². The molecule has 0 fully saturated rings. The molecule has 0 aromatic carbocycles. The zero-order valence-corrected chi connectivity index (χ0v) is 24.0. The van der Waals surface area contributed by atoms with Crippen LogP contribution in [0.2, 0.25) is 24.2 Å². The predicted octanol–water partition coefficient (Wildman–Crippen LogP) is 6.76. The molecule has 6 heteroatoms. The van der Waals surface area contributed by atoms with Crippen molar-refractivity contribution in [3.8, 4) is 0 Å². The van der Waals surface area contributed by atoms with Crippen LogP contribution in [0.4, 0.5) is 0 Å². The van der Waals surface area contributed by atoms with Crippen molar-refractivity contribution in [2.24, 2.45) is 0 Å². The van der Waals surface area contributed by atoms with Gasteiger partial charge in [-0.05, 0) is 95.9 Å². The Hall–Kier alpha value is 0.274. The highest BCUT2D eigenvalue weighted by atomic mass is 28.2. The number of ether oxygens (including phenoxy) is 4. The van der Waals surface area contributed by atoms with Crippen LogP contribution in [0.15, 0.2) is 0 Å². The third kappa shape index (κ3) is 21.5. The summed E-state index contributed by atoms with van der Waals surface area (Å²) in [5.74, 6) is 0. The van der Waals surface area contributed by atoms with Gasteiger partial charge in [-0.1, -0.05) is 24.2 Å². The minimum atomic E-state index is -0.179. The normalized spacial score (nSPS) is 14.2. The van der Waals surface area contributed by atoms with E-state index in [-0.39, 0.29) is 35.0 Å². The maximum Gasteiger partial charge on any atom is 0.158 e. The maximum absolute atomic E-state index is 6.12. The summed E-state index contributed by atoms with van der Waals surface area (Å²) in [5, 5.41) is 0. The van der Waals surface area contributed by atoms with E-state index in [2.05, 4.69) is 83.1 Å². The molecule has 0 atom stereocenters. The lowest BCUT2D eigenvalue weighted by atomic mass is 10.2. The van der Waals surface area contributed by atoms with Crippen molar-refractivity contribution >= 4 is 19.0 Å². The molecule has 0 saturated heterocycles. The SMILES string of the molecule is CC(C)(C)OC(CC[Si]CC[Si]CCC(OC(C)(C)C)OC(C)(C)C)OC(C)(C)C. The first-order valence-electron chi connectivity index (χ1n) is 11.5. The van der Waals surface area contributed by atoms with E-state index in [1.807, 2.05) is 0 Å². The summed E-state index contributed by atoms with van der Waals surface area (Å²) in [7, 11) is 1.94. The van der Waals surface area contributed by atoms with Gasteiger partial charge in [0, 0.05) is 19.0 Å². The number of rotatable bonds is 13. The van der Waals surface area contributed by atoms with Crippen molar-refractivity contribution < 1.29 is 18.9 Å². The Bertz CT molecular complexity index is 368. The van der Waals surface area contributed by atoms with E-state index in [9.17, 15) is 0 Å². The standard InChI is InChI=1S/C24H50O4Si2/c1-21(2,3)25-19(26-22(4,5)6)13-15-29-17-18-30-16-14-20(27-23(7,8)9)28-24(10,11)12/h19-20H,13-18H2,1-12H3. The first kappa shape index (κ1) is 30.3. The summed E-state index contributed by atoms with van der Waals surface area (Å²) in [6.07, 6.45) is 1.70. The zero-order chi connectivity index (χ0) is 23.6. The molecule has 0 bridgehead atoms. The van der Waals surface area contributed by atoms with Gasteiger partial charge < -0.3 is 18.9 Å². The third-order valence-corrected chi connectivity index (χ3v) is 6.52. The fraction of sp³-hybridized carbons (Fsp3) is 1.00. The Kier molecular flexibility index (Phi) is 13.2. The van der Waals surface area contributed by atoms with Gasteiger partial charge >= 0.3 is 0 Å². The van der Waals surface area contributed by atoms with Gasteiger partial charge in [-0.3, -0.25) is 0 Å². The molecule has 0 aliphatic rings. The highest BCUT2D eigenvalue weighted by Crippen LogP contribution is 2.22. The Labute approximate surface area is 193 Å². The lowest BCUT2D eigenvalue weighted by Crippen LogP contribution is -2.35. The minimum absolute atomic E-state index is 0.121. The Morgan fingerprint density at radius 3 is 0.867 bits per heavy atom. The van der Waals surface area contributed by atoms with Crippen molar-refractivity contribution in [3.05, 3.63) is 0 Å². The van der Waals surface area contributed by atoms with Crippen LogP contribution >= 0.6 is 0 Å². The average molecular weight is 459 g/mol. The van der Waals surface area contributed by atoms with Crippen molar-refractivity contribution in [3.63, 3.8) is 0 Å². The van der Waals surface area contributed by atoms with Crippen molar-refractivity contribution in [1.82, 2.24) is 0 Å². The van der Waals surface area contributed by atoms with E-state index >= 15 is 0 Å². The van der Waals surface area contributed by atoms with Gasteiger partial charge in [-0.2, -0.15) is 0 Å². The lowest BCUT2D eigenvalue weighted by molar-refractivity contribution is -0.234. The highest BCUT2D eigenvalue weighted by Gasteiger charge is 2.25. The second-order valence-corrected chi connectivity index (χ2v) is 14.9. The summed E-state index contributed by atoms with van der Waals surface area (Å²) in [4.78, 5) is 0. The largest absolute Gasteiger partial charge is 0.347 e. The van der Waals surface area contributed by atoms with Crippen LogP contribution in [0, 0.1) is 0 Å². The fourth-order valence-corrected chi connectivity index (χ4v) is 5.52. The Balaban J connectivity index is 4.14. The van der Waals surface area contributed by atoms with Crippen LogP contribution in [0.1, 0.15) is 95.9 Å². The second kappa shape index (κ2) is 13.1. The van der Waals surface area contributed by atoms with Crippen LogP contribution in [-0.2, 0) is 18.9 Å². The minimum Gasteiger partial charge on any atom is -0.347 e.